The SMILES string of the molecule is COCC(C)COc1nn([C@H]2CC[C@H](N3[C@@H]4CC[C@H]3COC4)CC2)cc1Nc1ncc(-c2ccc(C#N)c(O[C@@H](C)Cn3cnnn3)c2)cn1. The van der Waals surface area contributed by atoms with E-state index in [-0.39, 0.29) is 12.0 Å². The molecule has 15 nitrogen and oxygen atoms in total. The van der Waals surface area contributed by atoms with Crippen LogP contribution in [0.2, 0.25) is 0 Å². The molecule has 3 aromatic heterocycles. The summed E-state index contributed by atoms with van der Waals surface area (Å²) in [5, 5.41) is 29.2. The lowest BCUT2D eigenvalue weighted by Crippen LogP contribution is -2.52. The van der Waals surface area contributed by atoms with E-state index < -0.39 is 0 Å². The third-order valence-electron chi connectivity index (χ3n) is 9.91. The Balaban J connectivity index is 1.04. The first-order valence-corrected chi connectivity index (χ1v) is 17.5. The van der Waals surface area contributed by atoms with Crippen LogP contribution >= 0.6 is 0 Å². The minimum atomic E-state index is -0.270. The van der Waals surface area contributed by atoms with E-state index >= 15 is 0 Å². The third kappa shape index (κ3) is 7.72. The topological polar surface area (TPSA) is 163 Å². The Morgan fingerprint density at radius 1 is 0.980 bits per heavy atom. The number of methoxy groups -OCH3 is 1. The summed E-state index contributed by atoms with van der Waals surface area (Å²) in [6, 6.07) is 9.72. The fourth-order valence-corrected chi connectivity index (χ4v) is 7.52. The number of tetrazole rings is 1. The van der Waals surface area contributed by atoms with E-state index in [0.717, 1.165) is 55.7 Å². The maximum Gasteiger partial charge on any atom is 0.256 e. The molecule has 3 fully saturated rings. The molecule has 0 amide bonds. The highest BCUT2D eigenvalue weighted by Gasteiger charge is 2.42. The number of aromatic nitrogens is 8. The molecule has 4 atom stereocenters. The average molecular weight is 684 g/mol. The van der Waals surface area contributed by atoms with E-state index in [1.165, 1.54) is 19.2 Å². The van der Waals surface area contributed by atoms with Crippen molar-refractivity contribution in [3.8, 4) is 28.8 Å². The van der Waals surface area contributed by atoms with Gasteiger partial charge in [0.15, 0.2) is 0 Å². The fourth-order valence-electron chi connectivity index (χ4n) is 7.52. The number of ether oxygens (including phenoxy) is 4. The first-order valence-electron chi connectivity index (χ1n) is 17.5. The van der Waals surface area contributed by atoms with Gasteiger partial charge >= 0.3 is 0 Å². The van der Waals surface area contributed by atoms with Gasteiger partial charge in [-0.15, -0.1) is 10.2 Å². The quantitative estimate of drug-likeness (QED) is 0.199. The van der Waals surface area contributed by atoms with Crippen LogP contribution in [0, 0.1) is 17.2 Å². The van der Waals surface area contributed by atoms with Crippen molar-refractivity contribution in [1.29, 1.82) is 5.26 Å². The van der Waals surface area contributed by atoms with Crippen LogP contribution < -0.4 is 14.8 Å². The maximum absolute atomic E-state index is 9.69. The van der Waals surface area contributed by atoms with Crippen molar-refractivity contribution in [3.63, 3.8) is 0 Å². The number of benzene rings is 1. The molecule has 2 bridgehead atoms. The summed E-state index contributed by atoms with van der Waals surface area (Å²) in [7, 11) is 1.70. The molecule has 1 aromatic carbocycles. The van der Waals surface area contributed by atoms with Crippen molar-refractivity contribution in [2.45, 2.75) is 89.2 Å². The Kier molecular flexibility index (Phi) is 10.5. The molecule has 7 rings (SSSR count). The Hall–Kier alpha value is -4.65. The van der Waals surface area contributed by atoms with Crippen LogP contribution in [-0.4, -0.2) is 103 Å². The zero-order valence-electron chi connectivity index (χ0n) is 28.9. The van der Waals surface area contributed by atoms with Crippen molar-refractivity contribution in [2.24, 2.45) is 5.92 Å². The summed E-state index contributed by atoms with van der Waals surface area (Å²) < 4.78 is 27.2. The van der Waals surface area contributed by atoms with Gasteiger partial charge in [0.1, 0.15) is 29.9 Å². The highest BCUT2D eigenvalue weighted by atomic mass is 16.5. The molecule has 1 aliphatic carbocycles. The lowest BCUT2D eigenvalue weighted by Gasteiger charge is -2.43. The van der Waals surface area contributed by atoms with Crippen molar-refractivity contribution in [2.75, 3.05) is 38.9 Å². The van der Waals surface area contributed by atoms with Gasteiger partial charge in [-0.1, -0.05) is 13.0 Å². The summed E-state index contributed by atoms with van der Waals surface area (Å²) in [4.78, 5) is 12.0. The summed E-state index contributed by atoms with van der Waals surface area (Å²) in [6.07, 6.45) is 13.8. The highest BCUT2D eigenvalue weighted by Crippen LogP contribution is 2.39. The van der Waals surface area contributed by atoms with Gasteiger partial charge in [-0.05, 0) is 73.6 Å². The van der Waals surface area contributed by atoms with Gasteiger partial charge in [0.05, 0.1) is 50.8 Å². The number of hydrogen-bond donors (Lipinski definition) is 1. The Morgan fingerprint density at radius 3 is 2.42 bits per heavy atom. The van der Waals surface area contributed by atoms with Crippen LogP contribution in [0.5, 0.6) is 11.6 Å². The minimum Gasteiger partial charge on any atom is -0.487 e. The van der Waals surface area contributed by atoms with E-state index in [4.69, 9.17) is 24.0 Å². The molecule has 0 spiro atoms. The summed E-state index contributed by atoms with van der Waals surface area (Å²) in [5.41, 5.74) is 2.76. The average Bonchev–Trinajstić information content (AvgIpc) is 3.85. The predicted molar refractivity (Wildman–Crippen MR) is 183 cm³/mol. The van der Waals surface area contributed by atoms with E-state index in [9.17, 15) is 5.26 Å². The number of rotatable bonds is 14. The maximum atomic E-state index is 9.69. The molecule has 1 unspecified atom stereocenters. The van der Waals surface area contributed by atoms with Gasteiger partial charge in [-0.3, -0.25) is 9.58 Å². The predicted octanol–water partition coefficient (Wildman–Crippen LogP) is 4.42. The van der Waals surface area contributed by atoms with Gasteiger partial charge < -0.3 is 24.3 Å². The van der Waals surface area contributed by atoms with Crippen molar-refractivity contribution in [1.82, 2.24) is 44.9 Å². The molecule has 3 aliphatic rings. The second kappa shape index (κ2) is 15.5. The zero-order valence-corrected chi connectivity index (χ0v) is 28.9. The number of nitrogens with zero attached hydrogens (tertiary/aromatic N) is 10. The standard InChI is InChI=1S/C35H45N11O4/c1-23(18-47-3)19-49-34-32(17-45(41-34)28-6-8-29(9-7-28)46-30-10-11-31(46)21-48-20-30)40-35-37-14-27(15-38-35)25-4-5-26(13-36)33(12-25)50-24(2)16-44-22-39-42-43-44/h4-5,12,14-15,17,22-24,28-31H,6-11,16,18-21H2,1-3H3,(H,37,38,40)/t23?,24-,28-,29-,30-,31+/m0/s1. The number of nitrogens with one attached hydrogen (secondary N) is 1. The van der Waals surface area contributed by atoms with Gasteiger partial charge in [0.25, 0.3) is 5.88 Å². The third-order valence-corrected chi connectivity index (χ3v) is 9.91. The van der Waals surface area contributed by atoms with Gasteiger partial charge in [-0.25, -0.2) is 14.6 Å². The van der Waals surface area contributed by atoms with Crippen LogP contribution in [-0.2, 0) is 16.0 Å². The first kappa shape index (κ1) is 33.8. The highest BCUT2D eigenvalue weighted by molar-refractivity contribution is 5.67. The second-order valence-corrected chi connectivity index (χ2v) is 13.7. The molecule has 1 saturated carbocycles. The molecule has 1 N–H and O–H groups in total. The van der Waals surface area contributed by atoms with Gasteiger partial charge in [-0.2, -0.15) is 5.26 Å². The fraction of sp³-hybridized carbons (Fsp3) is 0.571. The molecule has 4 aromatic rings. The van der Waals surface area contributed by atoms with Crippen LogP contribution in [0.25, 0.3) is 11.1 Å². The number of fused-ring (bicyclic) bond motifs is 2. The van der Waals surface area contributed by atoms with E-state index in [2.05, 4.69) is 53.4 Å². The molecule has 50 heavy (non-hydrogen) atoms. The molecule has 264 valence electrons. The molecule has 2 aliphatic heterocycles. The Labute approximate surface area is 291 Å². The van der Waals surface area contributed by atoms with E-state index in [1.807, 2.05) is 25.3 Å². The smallest absolute Gasteiger partial charge is 0.256 e. The summed E-state index contributed by atoms with van der Waals surface area (Å²) in [6.45, 7) is 7.26. The number of anilines is 2. The number of morpholine rings is 1. The Bertz CT molecular complexity index is 1720. The zero-order chi connectivity index (χ0) is 34.5. The summed E-state index contributed by atoms with van der Waals surface area (Å²) >= 11 is 0. The first-order chi connectivity index (χ1) is 24.5. The largest absolute Gasteiger partial charge is 0.487 e. The lowest BCUT2D eigenvalue weighted by atomic mass is 9.89. The molecule has 5 heterocycles. The Morgan fingerprint density at radius 2 is 1.72 bits per heavy atom. The molecule has 2 saturated heterocycles. The second-order valence-electron chi connectivity index (χ2n) is 13.7. The molecular weight excluding hydrogens is 638 g/mol. The molecular formula is C35H45N11O4. The van der Waals surface area contributed by atoms with Crippen LogP contribution in [0.15, 0.2) is 43.1 Å². The van der Waals surface area contributed by atoms with Crippen LogP contribution in [0.4, 0.5) is 11.6 Å². The van der Waals surface area contributed by atoms with Crippen LogP contribution in [0.1, 0.15) is 64.0 Å². The van der Waals surface area contributed by atoms with Crippen molar-refractivity contribution in [3.05, 3.63) is 48.7 Å². The van der Waals surface area contributed by atoms with E-state index in [0.29, 0.717) is 67.1 Å². The monoisotopic (exact) mass is 683 g/mol. The van der Waals surface area contributed by atoms with Crippen LogP contribution in [0.3, 0.4) is 0 Å². The minimum absolute atomic E-state index is 0.205. The number of nitriles is 1. The van der Waals surface area contributed by atoms with Gasteiger partial charge in [0.2, 0.25) is 5.95 Å². The van der Waals surface area contributed by atoms with E-state index in [1.54, 1.807) is 30.3 Å². The molecule has 15 heteroatoms. The summed E-state index contributed by atoms with van der Waals surface area (Å²) in [5.74, 6) is 1.63. The van der Waals surface area contributed by atoms with Crippen molar-refractivity contribution < 1.29 is 18.9 Å². The van der Waals surface area contributed by atoms with Crippen molar-refractivity contribution >= 4 is 11.6 Å². The molecule has 0 radical (unpaired) electrons. The van der Waals surface area contributed by atoms with Gasteiger partial charge in [0, 0.05) is 49.1 Å². The normalized spacial score (nSPS) is 23.2. The lowest BCUT2D eigenvalue weighted by molar-refractivity contribution is -0.0458. The number of hydrogen-bond acceptors (Lipinski definition) is 13.